The summed E-state index contributed by atoms with van der Waals surface area (Å²) >= 11 is 0. The SMILES string of the molecule is Cc1ccc(S(=O)(=O)O)cc1.N#CC1CC(F)(F)CN1C(=O)CN. The highest BCUT2D eigenvalue weighted by molar-refractivity contribution is 7.85. The number of nitrogens with two attached hydrogens (primary N) is 1. The van der Waals surface area contributed by atoms with Gasteiger partial charge in [-0.1, -0.05) is 17.7 Å². The van der Waals surface area contributed by atoms with Crippen molar-refractivity contribution in [3.05, 3.63) is 29.8 Å². The highest BCUT2D eigenvalue weighted by atomic mass is 32.2. The summed E-state index contributed by atoms with van der Waals surface area (Å²) in [5, 5.41) is 8.50. The lowest BCUT2D eigenvalue weighted by Gasteiger charge is -2.17. The molecule has 1 aliphatic heterocycles. The lowest BCUT2D eigenvalue weighted by atomic mass is 10.2. The van der Waals surface area contributed by atoms with E-state index in [1.165, 1.54) is 12.1 Å². The molecule has 0 bridgehead atoms. The molecule has 1 fully saturated rings. The van der Waals surface area contributed by atoms with Gasteiger partial charge in [-0.2, -0.15) is 13.7 Å². The molecule has 24 heavy (non-hydrogen) atoms. The molecule has 2 rings (SSSR count). The summed E-state index contributed by atoms with van der Waals surface area (Å²) in [6.07, 6.45) is -0.588. The van der Waals surface area contributed by atoms with Crippen molar-refractivity contribution in [2.45, 2.75) is 30.2 Å². The van der Waals surface area contributed by atoms with Gasteiger partial charge < -0.3 is 10.6 Å². The monoisotopic (exact) mass is 361 g/mol. The van der Waals surface area contributed by atoms with E-state index in [1.807, 2.05) is 6.92 Å². The lowest BCUT2D eigenvalue weighted by molar-refractivity contribution is -0.130. The normalized spacial score (nSPS) is 19.2. The van der Waals surface area contributed by atoms with Crippen molar-refractivity contribution < 1.29 is 26.5 Å². The van der Waals surface area contributed by atoms with Gasteiger partial charge in [0.1, 0.15) is 6.04 Å². The topological polar surface area (TPSA) is 124 Å². The van der Waals surface area contributed by atoms with E-state index in [1.54, 1.807) is 18.2 Å². The number of likely N-dealkylation sites (tertiary alicyclic amines) is 1. The lowest BCUT2D eigenvalue weighted by Crippen LogP contribution is -2.39. The van der Waals surface area contributed by atoms with Crippen LogP contribution < -0.4 is 5.73 Å². The minimum absolute atomic E-state index is 0.0666. The first-order valence-corrected chi connectivity index (χ1v) is 8.25. The molecule has 10 heteroatoms. The molecular formula is C14H17F2N3O4S. The molecule has 3 N–H and O–H groups in total. The molecule has 1 aliphatic rings. The average Bonchev–Trinajstić information content (AvgIpc) is 2.82. The van der Waals surface area contributed by atoms with Crippen LogP contribution in [0.2, 0.25) is 0 Å². The zero-order valence-corrected chi connectivity index (χ0v) is 13.6. The molecule has 0 saturated carbocycles. The minimum Gasteiger partial charge on any atom is -0.322 e. The third kappa shape index (κ3) is 5.52. The Morgan fingerprint density at radius 3 is 2.42 bits per heavy atom. The molecule has 0 spiro atoms. The first-order valence-electron chi connectivity index (χ1n) is 6.81. The molecule has 1 aromatic carbocycles. The zero-order chi connectivity index (χ0) is 18.5. The molecule has 0 aromatic heterocycles. The molecule has 0 radical (unpaired) electrons. The Hall–Kier alpha value is -2.09. The van der Waals surface area contributed by atoms with E-state index in [4.69, 9.17) is 15.5 Å². The molecule has 7 nitrogen and oxygen atoms in total. The van der Waals surface area contributed by atoms with Crippen LogP contribution in [0.4, 0.5) is 8.78 Å². The molecule has 1 atom stereocenters. The third-order valence-electron chi connectivity index (χ3n) is 3.23. The van der Waals surface area contributed by atoms with E-state index in [-0.39, 0.29) is 11.4 Å². The van der Waals surface area contributed by atoms with Crippen LogP contribution in [0.15, 0.2) is 29.2 Å². The number of hydrogen-bond acceptors (Lipinski definition) is 5. The van der Waals surface area contributed by atoms with Crippen molar-refractivity contribution in [2.75, 3.05) is 13.1 Å². The molecule has 1 aromatic rings. The number of nitriles is 1. The minimum atomic E-state index is -4.02. The Morgan fingerprint density at radius 2 is 2.00 bits per heavy atom. The number of aryl methyl sites for hydroxylation is 1. The number of alkyl halides is 2. The number of nitrogens with zero attached hydrogens (tertiary/aromatic N) is 2. The number of hydrogen-bond donors (Lipinski definition) is 2. The molecule has 1 amide bonds. The maximum atomic E-state index is 12.7. The third-order valence-corrected chi connectivity index (χ3v) is 4.10. The fourth-order valence-electron chi connectivity index (χ4n) is 2.02. The van der Waals surface area contributed by atoms with E-state index < -0.39 is 41.0 Å². The Balaban J connectivity index is 0.000000243. The Bertz CT molecular complexity index is 729. The zero-order valence-electron chi connectivity index (χ0n) is 12.8. The van der Waals surface area contributed by atoms with Gasteiger partial charge in [-0.05, 0) is 19.1 Å². The maximum Gasteiger partial charge on any atom is 0.294 e. The van der Waals surface area contributed by atoms with Gasteiger partial charge >= 0.3 is 0 Å². The van der Waals surface area contributed by atoms with Crippen molar-refractivity contribution in [1.82, 2.24) is 4.90 Å². The van der Waals surface area contributed by atoms with Crippen molar-refractivity contribution in [3.8, 4) is 6.07 Å². The van der Waals surface area contributed by atoms with E-state index in [0.29, 0.717) is 0 Å². The average molecular weight is 361 g/mol. The smallest absolute Gasteiger partial charge is 0.294 e. The first kappa shape index (κ1) is 20.0. The van der Waals surface area contributed by atoms with Crippen LogP contribution in [0.3, 0.4) is 0 Å². The van der Waals surface area contributed by atoms with Crippen LogP contribution >= 0.6 is 0 Å². The van der Waals surface area contributed by atoms with Crippen LogP contribution in [0.5, 0.6) is 0 Å². The van der Waals surface area contributed by atoms with Crippen molar-refractivity contribution in [1.29, 1.82) is 5.26 Å². The number of rotatable bonds is 2. The first-order chi connectivity index (χ1) is 11.0. The van der Waals surface area contributed by atoms with E-state index in [2.05, 4.69) is 0 Å². The van der Waals surface area contributed by atoms with Crippen LogP contribution in [0.1, 0.15) is 12.0 Å². The number of carbonyl (C=O) groups excluding carboxylic acids is 1. The standard InChI is InChI=1S/C7H9F2N3O.C7H8O3S/c8-7(9)1-5(2-10)12(4-7)6(13)3-11;1-6-2-4-7(5-3-6)11(8,9)10/h5H,1,3-4,11H2;2-5H,1H3,(H,8,9,10). The van der Waals surface area contributed by atoms with Gasteiger partial charge in [-0.25, -0.2) is 8.78 Å². The van der Waals surface area contributed by atoms with Crippen LogP contribution in [-0.4, -0.2) is 48.8 Å². The second-order valence-electron chi connectivity index (χ2n) is 5.22. The Labute approximate surface area is 138 Å². The molecule has 1 unspecified atom stereocenters. The van der Waals surface area contributed by atoms with Gasteiger partial charge in [-0.3, -0.25) is 9.35 Å². The number of halogens is 2. The van der Waals surface area contributed by atoms with Gasteiger partial charge in [0, 0.05) is 6.42 Å². The number of carbonyl (C=O) groups is 1. The summed E-state index contributed by atoms with van der Waals surface area (Å²) in [5.74, 6) is -3.56. The summed E-state index contributed by atoms with van der Waals surface area (Å²) in [4.78, 5) is 11.8. The molecule has 1 heterocycles. The van der Waals surface area contributed by atoms with Gasteiger partial charge in [0.25, 0.3) is 16.0 Å². The van der Waals surface area contributed by atoms with Crippen molar-refractivity contribution >= 4 is 16.0 Å². The fraction of sp³-hybridized carbons (Fsp3) is 0.429. The Morgan fingerprint density at radius 1 is 1.46 bits per heavy atom. The highest BCUT2D eigenvalue weighted by Gasteiger charge is 2.46. The summed E-state index contributed by atoms with van der Waals surface area (Å²) in [6.45, 7) is 0.809. The van der Waals surface area contributed by atoms with Crippen molar-refractivity contribution in [2.24, 2.45) is 5.73 Å². The summed E-state index contributed by atoms with van der Waals surface area (Å²) in [6, 6.07) is 6.61. The largest absolute Gasteiger partial charge is 0.322 e. The predicted molar refractivity (Wildman–Crippen MR) is 80.7 cm³/mol. The van der Waals surface area contributed by atoms with Crippen LogP contribution in [0.25, 0.3) is 0 Å². The van der Waals surface area contributed by atoms with Gasteiger partial charge in [0.2, 0.25) is 5.91 Å². The maximum absolute atomic E-state index is 12.7. The number of benzene rings is 1. The quantitative estimate of drug-likeness (QED) is 0.756. The van der Waals surface area contributed by atoms with Crippen LogP contribution in [-0.2, 0) is 14.9 Å². The molecule has 0 aliphatic carbocycles. The van der Waals surface area contributed by atoms with Crippen molar-refractivity contribution in [3.63, 3.8) is 0 Å². The van der Waals surface area contributed by atoms with Crippen LogP contribution in [0, 0.1) is 18.3 Å². The second kappa shape index (κ2) is 7.65. The summed E-state index contributed by atoms with van der Waals surface area (Å²) in [5.41, 5.74) is 5.97. The van der Waals surface area contributed by atoms with Gasteiger partial charge in [0.15, 0.2) is 0 Å². The van der Waals surface area contributed by atoms with E-state index in [9.17, 15) is 22.0 Å². The second-order valence-corrected chi connectivity index (χ2v) is 6.64. The van der Waals surface area contributed by atoms with Gasteiger partial charge in [-0.15, -0.1) is 0 Å². The highest BCUT2D eigenvalue weighted by Crippen LogP contribution is 2.31. The molecule has 1 saturated heterocycles. The molecule has 132 valence electrons. The summed E-state index contributed by atoms with van der Waals surface area (Å²) in [7, 11) is -4.02. The van der Waals surface area contributed by atoms with E-state index >= 15 is 0 Å². The molecular weight excluding hydrogens is 344 g/mol. The Kier molecular flexibility index (Phi) is 6.36. The predicted octanol–water partition coefficient (Wildman–Crippen LogP) is 0.947. The fourth-order valence-corrected chi connectivity index (χ4v) is 2.50. The van der Waals surface area contributed by atoms with Gasteiger partial charge in [0.05, 0.1) is 24.1 Å². The number of amides is 1. The van der Waals surface area contributed by atoms with E-state index in [0.717, 1.165) is 10.5 Å². The summed E-state index contributed by atoms with van der Waals surface area (Å²) < 4.78 is 55.0.